The molecule has 0 fully saturated rings. The molecule has 3 aromatic carbocycles. The maximum absolute atomic E-state index is 6.00. The molecular weight excluding hydrogens is 468 g/mol. The van der Waals surface area contributed by atoms with E-state index < -0.39 is 0 Å². The molecule has 1 nitrogen and oxygen atoms in total. The summed E-state index contributed by atoms with van der Waals surface area (Å²) in [6, 6.07) is 12.0. The fourth-order valence-electron chi connectivity index (χ4n) is 5.01. The largest absolute Gasteiger partial charge is 3.00 e. The number of ether oxygens (including phenoxy) is 1. The van der Waals surface area contributed by atoms with E-state index in [1.807, 2.05) is 7.11 Å². The van der Waals surface area contributed by atoms with Crippen LogP contribution in [0, 0.1) is 21.8 Å². The van der Waals surface area contributed by atoms with Crippen molar-refractivity contribution in [3.05, 3.63) is 73.0 Å². The maximum atomic E-state index is 6.00. The van der Waals surface area contributed by atoms with Crippen LogP contribution in [0.15, 0.2) is 30.3 Å². The van der Waals surface area contributed by atoms with Crippen molar-refractivity contribution in [2.45, 2.75) is 78.6 Å². The summed E-state index contributed by atoms with van der Waals surface area (Å²) >= 11 is 0. The summed E-state index contributed by atoms with van der Waals surface area (Å²) in [5.41, 5.74) is 9.91. The van der Waals surface area contributed by atoms with E-state index in [9.17, 15) is 0 Å². The van der Waals surface area contributed by atoms with Crippen LogP contribution < -0.4 is 4.74 Å². The second-order valence-electron chi connectivity index (χ2n) is 10.9. The molecule has 0 amide bonds. The molecule has 1 aliphatic carbocycles. The molecule has 1 radical (unpaired) electrons. The van der Waals surface area contributed by atoms with Gasteiger partial charge in [-0.25, -0.2) is 0 Å². The van der Waals surface area contributed by atoms with Crippen LogP contribution >= 0.6 is 0 Å². The van der Waals surface area contributed by atoms with Gasteiger partial charge in [0.1, 0.15) is 5.75 Å². The van der Waals surface area contributed by atoms with Crippen molar-refractivity contribution in [2.75, 3.05) is 7.11 Å². The van der Waals surface area contributed by atoms with Crippen LogP contribution in [0.1, 0.15) is 75.8 Å². The van der Waals surface area contributed by atoms with Crippen molar-refractivity contribution in [3.63, 3.8) is 0 Å². The molecule has 0 aliphatic heterocycles. The molecule has 171 valence electrons. The van der Waals surface area contributed by atoms with Crippen LogP contribution in [0.3, 0.4) is 0 Å². The van der Waals surface area contributed by atoms with E-state index in [1.54, 1.807) is 11.1 Å². The SMILES string of the molecule is COc1c(C(C)(C)C)cc(-c2c3c(cc4[cH-]c(C)cc24)CCC3)cc1C(C)(C)C.[CH3-].[CH3-].[Zr+3]. The molecule has 0 saturated carbocycles. The third-order valence-corrected chi connectivity index (χ3v) is 6.43. The second-order valence-corrected chi connectivity index (χ2v) is 10.9. The number of hydrogen-bond donors (Lipinski definition) is 0. The molecule has 1 aliphatic rings. The summed E-state index contributed by atoms with van der Waals surface area (Å²) in [6.07, 6.45) is 3.66. The van der Waals surface area contributed by atoms with Crippen molar-refractivity contribution in [3.8, 4) is 16.9 Å². The van der Waals surface area contributed by atoms with Crippen molar-refractivity contribution in [1.82, 2.24) is 0 Å². The van der Waals surface area contributed by atoms with Gasteiger partial charge in [0.05, 0.1) is 7.11 Å². The molecule has 2 heteroatoms. The Labute approximate surface area is 216 Å². The standard InChI is InChI=1S/C28H35O.2CH3.Zr/c1-17-12-19-14-18-10-9-11-21(18)25(22(19)13-17)20-15-23(27(2,3)4)26(29-8)24(16-20)28(5,6)7;;;/h12-16H,9-11H2,1-8H3;2*1H3;/q3*-1;+3. The monoisotopic (exact) mass is 507 g/mol. The molecule has 0 spiro atoms. The normalized spacial score (nSPS) is 13.1. The predicted molar refractivity (Wildman–Crippen MR) is 139 cm³/mol. The minimum absolute atomic E-state index is 0. The molecule has 0 unspecified atom stereocenters. The molecule has 0 atom stereocenters. The van der Waals surface area contributed by atoms with Crippen molar-refractivity contribution < 1.29 is 30.9 Å². The van der Waals surface area contributed by atoms with Gasteiger partial charge in [-0.1, -0.05) is 65.2 Å². The molecule has 0 N–H and O–H groups in total. The minimum atomic E-state index is 0. The third kappa shape index (κ3) is 4.96. The van der Waals surface area contributed by atoms with E-state index in [4.69, 9.17) is 4.74 Å². The van der Waals surface area contributed by atoms with Gasteiger partial charge in [-0.15, -0.1) is 28.5 Å². The van der Waals surface area contributed by atoms with Crippen molar-refractivity contribution in [1.29, 1.82) is 0 Å². The van der Waals surface area contributed by atoms with E-state index in [-0.39, 0.29) is 51.9 Å². The molecule has 0 bridgehead atoms. The van der Waals surface area contributed by atoms with Gasteiger partial charge in [-0.3, -0.25) is 0 Å². The zero-order valence-corrected chi connectivity index (χ0v) is 24.4. The van der Waals surface area contributed by atoms with Crippen LogP contribution in [0.25, 0.3) is 21.9 Å². The Morgan fingerprint density at radius 3 is 1.91 bits per heavy atom. The predicted octanol–water partition coefficient (Wildman–Crippen LogP) is 8.52. The first-order chi connectivity index (χ1) is 13.5. The molecule has 0 saturated heterocycles. The zero-order chi connectivity index (χ0) is 21.1. The molecule has 4 rings (SSSR count). The van der Waals surface area contributed by atoms with Gasteiger partial charge in [0, 0.05) is 11.1 Å². The first-order valence-corrected chi connectivity index (χ1v) is 11.0. The Hall–Kier alpha value is -1.27. The summed E-state index contributed by atoms with van der Waals surface area (Å²) in [6.45, 7) is 16.0. The summed E-state index contributed by atoms with van der Waals surface area (Å²) in [5.74, 6) is 1.05. The number of fused-ring (bicyclic) bond motifs is 2. The number of aryl methyl sites for hydroxylation is 2. The van der Waals surface area contributed by atoms with Gasteiger partial charge in [-0.05, 0) is 47.8 Å². The van der Waals surface area contributed by atoms with Crippen LogP contribution in [0.5, 0.6) is 5.75 Å². The zero-order valence-electron chi connectivity index (χ0n) is 21.9. The van der Waals surface area contributed by atoms with Crippen LogP contribution in [-0.2, 0) is 49.9 Å². The third-order valence-electron chi connectivity index (χ3n) is 6.43. The fraction of sp³-hybridized carbons (Fsp3) is 0.433. The molecule has 0 aromatic heterocycles. The number of methoxy groups -OCH3 is 1. The van der Waals surface area contributed by atoms with Crippen molar-refractivity contribution >= 4 is 10.8 Å². The summed E-state index contributed by atoms with van der Waals surface area (Å²) in [4.78, 5) is 0. The number of hydrogen-bond acceptors (Lipinski definition) is 1. The van der Waals surface area contributed by atoms with Gasteiger partial charge in [0.15, 0.2) is 0 Å². The van der Waals surface area contributed by atoms with Crippen LogP contribution in [-0.4, -0.2) is 7.11 Å². The van der Waals surface area contributed by atoms with Gasteiger partial charge in [-0.2, -0.15) is 6.07 Å². The van der Waals surface area contributed by atoms with E-state index in [1.165, 1.54) is 57.9 Å². The van der Waals surface area contributed by atoms with E-state index in [0.29, 0.717) is 0 Å². The molecule has 3 aromatic rings. The molecule has 0 heterocycles. The van der Waals surface area contributed by atoms with Gasteiger partial charge < -0.3 is 19.6 Å². The molecular formula is C30H41OZr. The summed E-state index contributed by atoms with van der Waals surface area (Å²) < 4.78 is 6.00. The first kappa shape index (κ1) is 28.8. The van der Waals surface area contributed by atoms with E-state index >= 15 is 0 Å². The Morgan fingerprint density at radius 1 is 0.844 bits per heavy atom. The average molecular weight is 509 g/mol. The average Bonchev–Trinajstić information content (AvgIpc) is 3.21. The maximum Gasteiger partial charge on any atom is 3.00 e. The van der Waals surface area contributed by atoms with Crippen molar-refractivity contribution in [2.24, 2.45) is 0 Å². The van der Waals surface area contributed by atoms with Gasteiger partial charge in [0.2, 0.25) is 0 Å². The minimum Gasteiger partial charge on any atom is -0.496 e. The van der Waals surface area contributed by atoms with Crippen LogP contribution in [0.4, 0.5) is 0 Å². The first-order valence-electron chi connectivity index (χ1n) is 11.0. The summed E-state index contributed by atoms with van der Waals surface area (Å²) in [7, 11) is 1.82. The fourth-order valence-corrected chi connectivity index (χ4v) is 5.01. The quantitative estimate of drug-likeness (QED) is 0.315. The van der Waals surface area contributed by atoms with Crippen LogP contribution in [0.2, 0.25) is 0 Å². The second kappa shape index (κ2) is 9.92. The Morgan fingerprint density at radius 2 is 1.41 bits per heavy atom. The number of rotatable bonds is 2. The Kier molecular flexibility index (Phi) is 8.92. The Balaban J connectivity index is 0.00000171. The number of benzene rings is 2. The Bertz CT molecular complexity index is 1050. The molecule has 32 heavy (non-hydrogen) atoms. The summed E-state index contributed by atoms with van der Waals surface area (Å²) in [5, 5.41) is 2.80. The van der Waals surface area contributed by atoms with Gasteiger partial charge in [0.25, 0.3) is 0 Å². The van der Waals surface area contributed by atoms with E-state index in [0.717, 1.165) is 5.75 Å². The smallest absolute Gasteiger partial charge is 0.496 e. The van der Waals surface area contributed by atoms with Gasteiger partial charge >= 0.3 is 26.2 Å². The van der Waals surface area contributed by atoms with E-state index in [2.05, 4.69) is 78.8 Å². The topological polar surface area (TPSA) is 9.23 Å².